The molecule has 3 heteroatoms. The smallest absolute Gasteiger partial charge is 0.167 e. The highest BCUT2D eigenvalue weighted by Crippen LogP contribution is 2.29. The topological polar surface area (TPSA) is 29.1 Å². The van der Waals surface area contributed by atoms with Gasteiger partial charge in [0.15, 0.2) is 5.78 Å². The minimum absolute atomic E-state index is 0.0957. The van der Waals surface area contributed by atoms with Crippen molar-refractivity contribution in [1.29, 1.82) is 0 Å². The highest BCUT2D eigenvalue weighted by atomic mass is 35.5. The average molecular weight is 274 g/mol. The zero-order valence-electron chi connectivity index (χ0n) is 10.7. The monoisotopic (exact) mass is 273 g/mol. The van der Waals surface area contributed by atoms with Crippen LogP contribution >= 0.6 is 11.6 Å². The van der Waals surface area contributed by atoms with Crippen LogP contribution in [-0.2, 0) is 0 Å². The molecule has 0 amide bonds. The molecular weight excluding hydrogens is 258 g/mol. The third-order valence-corrected chi connectivity index (χ3v) is 4.13. The number of carbonyl (C=O) groups excluding carboxylic acids is 1. The Kier molecular flexibility index (Phi) is 3.54. The molecule has 19 heavy (non-hydrogen) atoms. The fourth-order valence-electron chi connectivity index (χ4n) is 2.77. The van der Waals surface area contributed by atoms with Crippen LogP contribution in [0.25, 0.3) is 10.8 Å². The van der Waals surface area contributed by atoms with Gasteiger partial charge >= 0.3 is 0 Å². The zero-order valence-corrected chi connectivity index (χ0v) is 11.4. The van der Waals surface area contributed by atoms with Crippen molar-refractivity contribution < 1.29 is 4.79 Å². The van der Waals surface area contributed by atoms with E-state index in [9.17, 15) is 4.79 Å². The molecule has 1 aliphatic heterocycles. The van der Waals surface area contributed by atoms with Gasteiger partial charge in [0.1, 0.15) is 0 Å². The van der Waals surface area contributed by atoms with Gasteiger partial charge in [0, 0.05) is 28.4 Å². The molecule has 1 N–H and O–H groups in total. The predicted octanol–water partition coefficient (Wildman–Crippen LogP) is 3.68. The van der Waals surface area contributed by atoms with E-state index in [1.807, 2.05) is 36.4 Å². The van der Waals surface area contributed by atoms with Crippen molar-refractivity contribution in [2.45, 2.75) is 12.8 Å². The third-order valence-electron chi connectivity index (χ3n) is 3.80. The predicted molar refractivity (Wildman–Crippen MR) is 78.9 cm³/mol. The van der Waals surface area contributed by atoms with Gasteiger partial charge in [-0.15, -0.1) is 0 Å². The van der Waals surface area contributed by atoms with E-state index in [4.69, 9.17) is 11.6 Å². The first-order valence-corrected chi connectivity index (χ1v) is 7.07. The Hall–Kier alpha value is -1.38. The van der Waals surface area contributed by atoms with Crippen LogP contribution in [0.2, 0.25) is 5.02 Å². The Morgan fingerprint density at radius 1 is 1.16 bits per heavy atom. The van der Waals surface area contributed by atoms with Crippen molar-refractivity contribution in [1.82, 2.24) is 5.32 Å². The van der Waals surface area contributed by atoms with Gasteiger partial charge in [-0.2, -0.15) is 0 Å². The van der Waals surface area contributed by atoms with E-state index < -0.39 is 0 Å². The Labute approximate surface area is 117 Å². The zero-order chi connectivity index (χ0) is 13.2. The quantitative estimate of drug-likeness (QED) is 0.846. The second kappa shape index (κ2) is 5.32. The minimum Gasteiger partial charge on any atom is -0.316 e. The first-order valence-electron chi connectivity index (χ1n) is 6.69. The number of hydrogen-bond acceptors (Lipinski definition) is 2. The van der Waals surface area contributed by atoms with E-state index in [1.54, 1.807) is 0 Å². The Balaban J connectivity index is 2.05. The number of ketones is 1. The van der Waals surface area contributed by atoms with Crippen LogP contribution in [0.1, 0.15) is 23.2 Å². The molecule has 2 nitrogen and oxygen atoms in total. The van der Waals surface area contributed by atoms with Gasteiger partial charge in [-0.25, -0.2) is 0 Å². The molecule has 1 atom stereocenters. The maximum Gasteiger partial charge on any atom is 0.167 e. The number of carbonyl (C=O) groups is 1. The van der Waals surface area contributed by atoms with Gasteiger partial charge < -0.3 is 5.32 Å². The molecule has 2 aromatic rings. The Morgan fingerprint density at radius 2 is 1.95 bits per heavy atom. The fraction of sp³-hybridized carbons (Fsp3) is 0.312. The molecule has 0 spiro atoms. The summed E-state index contributed by atoms with van der Waals surface area (Å²) in [5.74, 6) is 0.332. The number of Topliss-reactive ketones (excluding diaryl/α,β-unsaturated/α-hetero) is 1. The van der Waals surface area contributed by atoms with Crippen molar-refractivity contribution >= 4 is 28.2 Å². The van der Waals surface area contributed by atoms with E-state index in [-0.39, 0.29) is 11.7 Å². The largest absolute Gasteiger partial charge is 0.316 e. The molecule has 0 aromatic heterocycles. The first-order chi connectivity index (χ1) is 9.27. The number of hydrogen-bond donors (Lipinski definition) is 1. The number of fused-ring (bicyclic) bond motifs is 1. The second-order valence-corrected chi connectivity index (χ2v) is 5.46. The lowest BCUT2D eigenvalue weighted by Gasteiger charge is -2.22. The first kappa shape index (κ1) is 12.6. The Bertz CT molecular complexity index is 617. The van der Waals surface area contributed by atoms with E-state index >= 15 is 0 Å². The van der Waals surface area contributed by atoms with Gasteiger partial charge in [0.2, 0.25) is 0 Å². The summed E-state index contributed by atoms with van der Waals surface area (Å²) in [7, 11) is 0. The van der Waals surface area contributed by atoms with Crippen LogP contribution in [0.4, 0.5) is 0 Å². The molecular formula is C16H16ClNO. The van der Waals surface area contributed by atoms with Crippen LogP contribution in [0.15, 0.2) is 36.4 Å². The maximum atomic E-state index is 12.6. The van der Waals surface area contributed by atoms with Crippen molar-refractivity contribution in [3.8, 4) is 0 Å². The number of nitrogens with one attached hydrogen (secondary N) is 1. The summed E-state index contributed by atoms with van der Waals surface area (Å²) in [5.41, 5.74) is 0.800. The van der Waals surface area contributed by atoms with Gasteiger partial charge in [-0.1, -0.05) is 35.9 Å². The van der Waals surface area contributed by atoms with Gasteiger partial charge in [0.05, 0.1) is 0 Å². The minimum atomic E-state index is 0.0957. The van der Waals surface area contributed by atoms with E-state index in [2.05, 4.69) is 5.32 Å². The normalized spacial score (nSPS) is 19.5. The number of rotatable bonds is 2. The van der Waals surface area contributed by atoms with Crippen molar-refractivity contribution in [2.24, 2.45) is 5.92 Å². The lowest BCUT2D eigenvalue weighted by molar-refractivity contribution is 0.0901. The molecule has 1 fully saturated rings. The number of piperidine rings is 1. The molecule has 1 aliphatic rings. The molecule has 1 saturated heterocycles. The molecule has 0 aliphatic carbocycles. The van der Waals surface area contributed by atoms with Crippen molar-refractivity contribution in [3.05, 3.63) is 47.0 Å². The van der Waals surface area contributed by atoms with E-state index in [0.717, 1.165) is 42.3 Å². The molecule has 0 saturated carbocycles. The molecule has 0 bridgehead atoms. The molecule has 1 heterocycles. The summed E-state index contributed by atoms with van der Waals surface area (Å²) in [6, 6.07) is 11.5. The molecule has 2 aromatic carbocycles. The third kappa shape index (κ3) is 2.38. The SMILES string of the molecule is O=C(c1ccc(Cl)c2ccccc12)C1CCCNC1. The van der Waals surface area contributed by atoms with Crippen LogP contribution in [0.3, 0.4) is 0 Å². The lowest BCUT2D eigenvalue weighted by Crippen LogP contribution is -2.34. The van der Waals surface area contributed by atoms with Crippen LogP contribution < -0.4 is 5.32 Å². The maximum absolute atomic E-state index is 12.6. The summed E-state index contributed by atoms with van der Waals surface area (Å²) in [5, 5.41) is 5.92. The fourth-order valence-corrected chi connectivity index (χ4v) is 3.00. The molecule has 0 radical (unpaired) electrons. The van der Waals surface area contributed by atoms with Crippen LogP contribution in [-0.4, -0.2) is 18.9 Å². The molecule has 98 valence electrons. The van der Waals surface area contributed by atoms with Crippen molar-refractivity contribution in [2.75, 3.05) is 13.1 Å². The summed E-state index contributed by atoms with van der Waals surface area (Å²) >= 11 is 6.20. The molecule has 3 rings (SSSR count). The van der Waals surface area contributed by atoms with Crippen LogP contribution in [0, 0.1) is 5.92 Å². The number of halogens is 1. The van der Waals surface area contributed by atoms with Crippen molar-refractivity contribution in [3.63, 3.8) is 0 Å². The standard InChI is InChI=1S/C16H16ClNO/c17-15-8-7-14(12-5-1-2-6-13(12)15)16(19)11-4-3-9-18-10-11/h1-2,5-8,11,18H,3-4,9-10H2. The van der Waals surface area contributed by atoms with E-state index in [1.165, 1.54) is 0 Å². The summed E-state index contributed by atoms with van der Waals surface area (Å²) < 4.78 is 0. The summed E-state index contributed by atoms with van der Waals surface area (Å²) in [6.07, 6.45) is 2.05. The molecule has 1 unspecified atom stereocenters. The Morgan fingerprint density at radius 3 is 2.68 bits per heavy atom. The lowest BCUT2D eigenvalue weighted by atomic mass is 9.89. The van der Waals surface area contributed by atoms with Gasteiger partial charge in [-0.3, -0.25) is 4.79 Å². The summed E-state index contributed by atoms with van der Waals surface area (Å²) in [6.45, 7) is 1.81. The second-order valence-electron chi connectivity index (χ2n) is 5.05. The highest BCUT2D eigenvalue weighted by molar-refractivity contribution is 6.36. The van der Waals surface area contributed by atoms with E-state index in [0.29, 0.717) is 5.02 Å². The number of benzene rings is 2. The average Bonchev–Trinajstić information content (AvgIpc) is 2.48. The van der Waals surface area contributed by atoms with Gasteiger partial charge in [-0.05, 0) is 36.9 Å². The van der Waals surface area contributed by atoms with Gasteiger partial charge in [0.25, 0.3) is 0 Å². The summed E-state index contributed by atoms with van der Waals surface area (Å²) in [4.78, 5) is 12.6. The highest BCUT2D eigenvalue weighted by Gasteiger charge is 2.23. The van der Waals surface area contributed by atoms with Crippen LogP contribution in [0.5, 0.6) is 0 Å².